The monoisotopic (exact) mass is 343 g/mol. The fourth-order valence-corrected chi connectivity index (χ4v) is 2.35. The van der Waals surface area contributed by atoms with Gasteiger partial charge in [-0.05, 0) is 54.8 Å². The molecule has 0 aliphatic rings. The van der Waals surface area contributed by atoms with Crippen molar-refractivity contribution in [2.24, 2.45) is 5.92 Å². The van der Waals surface area contributed by atoms with Crippen molar-refractivity contribution in [3.63, 3.8) is 0 Å². The minimum atomic E-state index is -0.483. The Morgan fingerprint density at radius 3 is 2.44 bits per heavy atom. The number of hydrogen-bond acceptors (Lipinski definition) is 3. The number of nitrogens with two attached hydrogens (primary N) is 1. The van der Waals surface area contributed by atoms with E-state index in [0.717, 1.165) is 5.56 Å². The average Bonchev–Trinajstić information content (AvgIpc) is 2.52. The predicted octanol–water partition coefficient (Wildman–Crippen LogP) is 3.95. The van der Waals surface area contributed by atoms with E-state index in [0.29, 0.717) is 17.7 Å². The molecule has 2 aromatic rings. The molecule has 4 N–H and O–H groups in total. The smallest absolute Gasteiger partial charge is 0.255 e. The van der Waals surface area contributed by atoms with Gasteiger partial charge in [-0.3, -0.25) is 9.59 Å². The van der Waals surface area contributed by atoms with Gasteiger partial charge in [0, 0.05) is 17.7 Å². The third-order valence-electron chi connectivity index (χ3n) is 3.62. The molecule has 132 valence electrons. The first-order chi connectivity index (χ1) is 11.8. The number of rotatable bonds is 5. The molecule has 0 aliphatic carbocycles. The molecule has 0 fully saturated rings. The molecule has 2 aromatic carbocycles. The first kappa shape index (κ1) is 18.4. The lowest BCUT2D eigenvalue weighted by Gasteiger charge is -2.12. The van der Waals surface area contributed by atoms with E-state index < -0.39 is 11.7 Å². The number of anilines is 3. The molecule has 0 unspecified atom stereocenters. The van der Waals surface area contributed by atoms with Crippen LogP contribution in [0, 0.1) is 18.7 Å². The first-order valence-corrected chi connectivity index (χ1v) is 8.03. The highest BCUT2D eigenvalue weighted by molar-refractivity contribution is 6.06. The number of carbonyl (C=O) groups excluding carboxylic acids is 2. The number of carbonyl (C=O) groups is 2. The molecule has 6 heteroatoms. The standard InChI is InChI=1S/C19H22FN3O2/c1-11(2)8-18(24)22-16-7-4-13(9-12(16)3)19(25)23-17-10-14(20)5-6-15(17)21/h4-7,9-11H,8,21H2,1-3H3,(H,22,24)(H,23,25). The van der Waals surface area contributed by atoms with Crippen molar-refractivity contribution in [1.82, 2.24) is 0 Å². The Balaban J connectivity index is 2.12. The summed E-state index contributed by atoms with van der Waals surface area (Å²) in [4.78, 5) is 24.2. The SMILES string of the molecule is Cc1cc(C(=O)Nc2cc(F)ccc2N)ccc1NC(=O)CC(C)C. The summed E-state index contributed by atoms with van der Waals surface area (Å²) in [5, 5.41) is 5.42. The van der Waals surface area contributed by atoms with Gasteiger partial charge in [0.2, 0.25) is 5.91 Å². The number of hydrogen-bond donors (Lipinski definition) is 3. The van der Waals surface area contributed by atoms with Crippen LogP contribution in [0.1, 0.15) is 36.2 Å². The van der Waals surface area contributed by atoms with Crippen LogP contribution < -0.4 is 16.4 Å². The van der Waals surface area contributed by atoms with Gasteiger partial charge in [-0.2, -0.15) is 0 Å². The van der Waals surface area contributed by atoms with Crippen molar-refractivity contribution in [3.8, 4) is 0 Å². The summed E-state index contributed by atoms with van der Waals surface area (Å²) < 4.78 is 13.3. The third-order valence-corrected chi connectivity index (χ3v) is 3.62. The van der Waals surface area contributed by atoms with Crippen LogP contribution in [0.25, 0.3) is 0 Å². The van der Waals surface area contributed by atoms with Gasteiger partial charge < -0.3 is 16.4 Å². The number of benzene rings is 2. The minimum Gasteiger partial charge on any atom is -0.397 e. The number of aryl methyl sites for hydroxylation is 1. The van der Waals surface area contributed by atoms with E-state index in [1.807, 2.05) is 13.8 Å². The van der Waals surface area contributed by atoms with Gasteiger partial charge >= 0.3 is 0 Å². The van der Waals surface area contributed by atoms with E-state index in [-0.39, 0.29) is 23.2 Å². The number of halogens is 1. The Morgan fingerprint density at radius 2 is 1.80 bits per heavy atom. The maximum absolute atomic E-state index is 13.3. The summed E-state index contributed by atoms with van der Waals surface area (Å²) in [6.07, 6.45) is 0.431. The lowest BCUT2D eigenvalue weighted by Crippen LogP contribution is -2.16. The van der Waals surface area contributed by atoms with E-state index in [9.17, 15) is 14.0 Å². The third kappa shape index (κ3) is 5.04. The van der Waals surface area contributed by atoms with Crippen molar-refractivity contribution >= 4 is 28.9 Å². The van der Waals surface area contributed by atoms with Gasteiger partial charge in [0.05, 0.1) is 11.4 Å². The van der Waals surface area contributed by atoms with Crippen LogP contribution >= 0.6 is 0 Å². The minimum absolute atomic E-state index is 0.0668. The Kier molecular flexibility index (Phi) is 5.75. The van der Waals surface area contributed by atoms with Crippen LogP contribution in [0.3, 0.4) is 0 Å². The lowest BCUT2D eigenvalue weighted by molar-refractivity contribution is -0.116. The number of amides is 2. The topological polar surface area (TPSA) is 84.2 Å². The van der Waals surface area contributed by atoms with Gasteiger partial charge in [0.25, 0.3) is 5.91 Å². The zero-order chi connectivity index (χ0) is 18.6. The largest absolute Gasteiger partial charge is 0.397 e. The summed E-state index contributed by atoms with van der Waals surface area (Å²) in [6, 6.07) is 8.73. The fourth-order valence-electron chi connectivity index (χ4n) is 2.35. The van der Waals surface area contributed by atoms with Crippen molar-refractivity contribution < 1.29 is 14.0 Å². The lowest BCUT2D eigenvalue weighted by atomic mass is 10.1. The summed E-state index contributed by atoms with van der Waals surface area (Å²) >= 11 is 0. The second-order valence-electron chi connectivity index (χ2n) is 6.36. The zero-order valence-electron chi connectivity index (χ0n) is 14.5. The van der Waals surface area contributed by atoms with Gasteiger partial charge in [0.1, 0.15) is 5.82 Å². The summed E-state index contributed by atoms with van der Waals surface area (Å²) in [5.74, 6) is -0.686. The van der Waals surface area contributed by atoms with E-state index in [1.54, 1.807) is 25.1 Å². The molecule has 0 heterocycles. The molecule has 2 rings (SSSR count). The molecule has 0 aromatic heterocycles. The fraction of sp³-hybridized carbons (Fsp3) is 0.263. The van der Waals surface area contributed by atoms with Crippen LogP contribution in [-0.4, -0.2) is 11.8 Å². The van der Waals surface area contributed by atoms with E-state index in [4.69, 9.17) is 5.73 Å². The molecule has 0 bridgehead atoms. The van der Waals surface area contributed by atoms with E-state index in [1.165, 1.54) is 18.2 Å². The van der Waals surface area contributed by atoms with Crippen LogP contribution in [0.4, 0.5) is 21.5 Å². The highest BCUT2D eigenvalue weighted by atomic mass is 19.1. The average molecular weight is 343 g/mol. The summed E-state index contributed by atoms with van der Waals surface area (Å²) in [6.45, 7) is 5.74. The summed E-state index contributed by atoms with van der Waals surface area (Å²) in [5.41, 5.74) is 8.05. The van der Waals surface area contributed by atoms with Crippen LogP contribution in [0.15, 0.2) is 36.4 Å². The predicted molar refractivity (Wildman–Crippen MR) is 98.0 cm³/mol. The molecule has 0 aliphatic heterocycles. The molecule has 0 spiro atoms. The quantitative estimate of drug-likeness (QED) is 0.719. The van der Waals surface area contributed by atoms with Gasteiger partial charge in [-0.1, -0.05) is 13.8 Å². The second-order valence-corrected chi connectivity index (χ2v) is 6.36. The molecular weight excluding hydrogens is 321 g/mol. The molecule has 2 amide bonds. The van der Waals surface area contributed by atoms with Crippen LogP contribution in [0.5, 0.6) is 0 Å². The molecular formula is C19H22FN3O2. The van der Waals surface area contributed by atoms with Gasteiger partial charge in [-0.15, -0.1) is 0 Å². The maximum atomic E-state index is 13.3. The van der Waals surface area contributed by atoms with E-state index in [2.05, 4.69) is 10.6 Å². The van der Waals surface area contributed by atoms with Gasteiger partial charge in [-0.25, -0.2) is 4.39 Å². The highest BCUT2D eigenvalue weighted by Crippen LogP contribution is 2.22. The normalized spacial score (nSPS) is 10.6. The Labute approximate surface area is 146 Å². The molecule has 0 radical (unpaired) electrons. The molecule has 0 saturated carbocycles. The molecule has 5 nitrogen and oxygen atoms in total. The van der Waals surface area contributed by atoms with Crippen molar-refractivity contribution in [3.05, 3.63) is 53.3 Å². The summed E-state index contributed by atoms with van der Waals surface area (Å²) in [7, 11) is 0. The number of nitrogens with one attached hydrogen (secondary N) is 2. The van der Waals surface area contributed by atoms with Crippen molar-refractivity contribution in [2.45, 2.75) is 27.2 Å². The number of nitrogen functional groups attached to an aromatic ring is 1. The van der Waals surface area contributed by atoms with Crippen molar-refractivity contribution in [1.29, 1.82) is 0 Å². The Morgan fingerprint density at radius 1 is 1.08 bits per heavy atom. The van der Waals surface area contributed by atoms with Crippen molar-refractivity contribution in [2.75, 3.05) is 16.4 Å². The van der Waals surface area contributed by atoms with Crippen LogP contribution in [-0.2, 0) is 4.79 Å². The Hall–Kier alpha value is -2.89. The second kappa shape index (κ2) is 7.79. The first-order valence-electron chi connectivity index (χ1n) is 8.03. The zero-order valence-corrected chi connectivity index (χ0v) is 14.5. The molecule has 0 atom stereocenters. The molecule has 0 saturated heterocycles. The highest BCUT2D eigenvalue weighted by Gasteiger charge is 2.12. The maximum Gasteiger partial charge on any atom is 0.255 e. The Bertz CT molecular complexity index is 803. The van der Waals surface area contributed by atoms with E-state index >= 15 is 0 Å². The van der Waals surface area contributed by atoms with Gasteiger partial charge in [0.15, 0.2) is 0 Å². The van der Waals surface area contributed by atoms with Crippen LogP contribution in [0.2, 0.25) is 0 Å². The molecule has 25 heavy (non-hydrogen) atoms.